The lowest BCUT2D eigenvalue weighted by molar-refractivity contribution is -0.150. The van der Waals surface area contributed by atoms with E-state index in [9.17, 15) is 4.79 Å². The van der Waals surface area contributed by atoms with E-state index in [0.29, 0.717) is 6.54 Å². The average molecular weight is 211 g/mol. The van der Waals surface area contributed by atoms with Crippen LogP contribution in [0.1, 0.15) is 6.42 Å². The first-order chi connectivity index (χ1) is 7.10. The predicted octanol–water partition coefficient (Wildman–Crippen LogP) is -0.406. The zero-order chi connectivity index (χ0) is 11.3. The Morgan fingerprint density at radius 2 is 2.27 bits per heavy atom. The number of ether oxygens (including phenoxy) is 1. The van der Waals surface area contributed by atoms with E-state index in [0.717, 1.165) is 13.0 Å². The van der Waals surface area contributed by atoms with Crippen molar-refractivity contribution < 1.29 is 9.53 Å². The van der Waals surface area contributed by atoms with Crippen LogP contribution >= 0.6 is 0 Å². The fraction of sp³-hybridized carbons (Fsp3) is 0.800. The number of carbonyl (C=O) groups excluding carboxylic acids is 1. The molecule has 0 bridgehead atoms. The number of amides is 1. The summed E-state index contributed by atoms with van der Waals surface area (Å²) in [6.07, 6.45) is 0.890. The molecule has 0 unspecified atom stereocenters. The molecule has 1 heterocycles. The van der Waals surface area contributed by atoms with Crippen LogP contribution in [0.25, 0.3) is 0 Å². The smallest absolute Gasteiger partial charge is 0.245 e. The van der Waals surface area contributed by atoms with E-state index in [4.69, 9.17) is 10.00 Å². The van der Waals surface area contributed by atoms with Crippen molar-refractivity contribution in [1.82, 2.24) is 10.2 Å². The minimum Gasteiger partial charge on any atom is -0.377 e. The first kappa shape index (κ1) is 12.0. The highest BCUT2D eigenvalue weighted by molar-refractivity contribution is 5.86. The molecular formula is C10H17N3O2. The molecule has 1 fully saturated rings. The van der Waals surface area contributed by atoms with E-state index >= 15 is 0 Å². The van der Waals surface area contributed by atoms with Crippen molar-refractivity contribution in [3.05, 3.63) is 0 Å². The molecule has 5 nitrogen and oxygen atoms in total. The molecule has 1 rings (SSSR count). The van der Waals surface area contributed by atoms with Gasteiger partial charge < -0.3 is 15.0 Å². The Kier molecular flexibility index (Phi) is 4.06. The number of carbonyl (C=O) groups is 1. The van der Waals surface area contributed by atoms with Crippen LogP contribution < -0.4 is 5.32 Å². The van der Waals surface area contributed by atoms with Gasteiger partial charge in [-0.3, -0.25) is 4.79 Å². The van der Waals surface area contributed by atoms with Crippen molar-refractivity contribution in [1.29, 1.82) is 5.26 Å². The summed E-state index contributed by atoms with van der Waals surface area (Å²) < 4.78 is 4.90. The van der Waals surface area contributed by atoms with Crippen LogP contribution in [0.4, 0.5) is 0 Å². The molecule has 0 radical (unpaired) electrons. The second-order valence-corrected chi connectivity index (χ2v) is 4.10. The van der Waals surface area contributed by atoms with Gasteiger partial charge in [0.15, 0.2) is 5.41 Å². The fourth-order valence-electron chi connectivity index (χ4n) is 1.32. The molecule has 1 amide bonds. The summed E-state index contributed by atoms with van der Waals surface area (Å²) in [7, 11) is 3.97. The van der Waals surface area contributed by atoms with E-state index in [1.807, 2.05) is 20.2 Å². The molecule has 0 aromatic carbocycles. The second kappa shape index (κ2) is 5.10. The highest BCUT2D eigenvalue weighted by Crippen LogP contribution is 2.26. The lowest BCUT2D eigenvalue weighted by atomic mass is 9.87. The van der Waals surface area contributed by atoms with Gasteiger partial charge >= 0.3 is 0 Å². The predicted molar refractivity (Wildman–Crippen MR) is 55.0 cm³/mol. The van der Waals surface area contributed by atoms with E-state index in [1.54, 1.807) is 0 Å². The quantitative estimate of drug-likeness (QED) is 0.628. The maximum Gasteiger partial charge on any atom is 0.245 e. The Bertz CT molecular complexity index is 266. The zero-order valence-corrected chi connectivity index (χ0v) is 9.25. The molecule has 0 aliphatic carbocycles. The lowest BCUT2D eigenvalue weighted by Gasteiger charge is -2.33. The maximum absolute atomic E-state index is 11.6. The van der Waals surface area contributed by atoms with Gasteiger partial charge in [0.25, 0.3) is 0 Å². The summed E-state index contributed by atoms with van der Waals surface area (Å²) in [5.74, 6) is -0.199. The highest BCUT2D eigenvalue weighted by atomic mass is 16.5. The molecule has 15 heavy (non-hydrogen) atoms. The number of nitriles is 1. The standard InChI is InChI=1S/C10H17N3O2/c1-13(2)5-3-4-12-9(14)10(6-11)7-15-8-10/h3-5,7-8H2,1-2H3,(H,12,14). The SMILES string of the molecule is CN(C)CCCNC(=O)C1(C#N)COC1. The third kappa shape index (κ3) is 2.91. The van der Waals surface area contributed by atoms with E-state index < -0.39 is 5.41 Å². The molecular weight excluding hydrogens is 194 g/mol. The van der Waals surface area contributed by atoms with E-state index in [2.05, 4.69) is 10.2 Å². The van der Waals surface area contributed by atoms with Gasteiger partial charge in [-0.05, 0) is 27.1 Å². The molecule has 0 aromatic rings. The first-order valence-corrected chi connectivity index (χ1v) is 5.03. The molecule has 0 saturated carbocycles. The molecule has 1 N–H and O–H groups in total. The molecule has 1 aliphatic rings. The van der Waals surface area contributed by atoms with Gasteiger partial charge in [0, 0.05) is 6.54 Å². The van der Waals surface area contributed by atoms with Crippen molar-refractivity contribution in [3.63, 3.8) is 0 Å². The van der Waals surface area contributed by atoms with Gasteiger partial charge in [-0.1, -0.05) is 0 Å². The summed E-state index contributed by atoms with van der Waals surface area (Å²) >= 11 is 0. The number of rotatable bonds is 5. The second-order valence-electron chi connectivity index (χ2n) is 4.10. The van der Waals surface area contributed by atoms with Gasteiger partial charge in [-0.2, -0.15) is 5.26 Å². The summed E-state index contributed by atoms with van der Waals surface area (Å²) in [6.45, 7) is 1.99. The van der Waals surface area contributed by atoms with Crippen LogP contribution in [0, 0.1) is 16.7 Å². The summed E-state index contributed by atoms with van der Waals surface area (Å²) in [5.41, 5.74) is -0.919. The Labute approximate surface area is 90.0 Å². The number of nitrogens with zero attached hydrogens (tertiary/aromatic N) is 2. The van der Waals surface area contributed by atoms with Crippen molar-refractivity contribution in [2.75, 3.05) is 40.4 Å². The fourth-order valence-corrected chi connectivity index (χ4v) is 1.32. The van der Waals surface area contributed by atoms with Gasteiger partial charge in [-0.25, -0.2) is 0 Å². The third-order valence-electron chi connectivity index (χ3n) is 2.41. The third-order valence-corrected chi connectivity index (χ3v) is 2.41. The van der Waals surface area contributed by atoms with Crippen LogP contribution in [0.2, 0.25) is 0 Å². The Hall–Kier alpha value is -1.12. The van der Waals surface area contributed by atoms with Crippen LogP contribution in [0.15, 0.2) is 0 Å². The molecule has 1 aliphatic heterocycles. The topological polar surface area (TPSA) is 65.4 Å². The largest absolute Gasteiger partial charge is 0.377 e. The Morgan fingerprint density at radius 1 is 1.60 bits per heavy atom. The molecule has 0 atom stereocenters. The summed E-state index contributed by atoms with van der Waals surface area (Å²) in [6, 6.07) is 2.02. The van der Waals surface area contributed by atoms with Gasteiger partial charge in [0.1, 0.15) is 0 Å². The van der Waals surface area contributed by atoms with Crippen LogP contribution in [0.5, 0.6) is 0 Å². The van der Waals surface area contributed by atoms with E-state index in [-0.39, 0.29) is 19.1 Å². The minimum atomic E-state index is -0.919. The van der Waals surface area contributed by atoms with E-state index in [1.165, 1.54) is 0 Å². The molecule has 5 heteroatoms. The van der Waals surface area contributed by atoms with Crippen LogP contribution in [-0.2, 0) is 9.53 Å². The van der Waals surface area contributed by atoms with Gasteiger partial charge in [0.2, 0.25) is 5.91 Å². The maximum atomic E-state index is 11.6. The van der Waals surface area contributed by atoms with Crippen molar-refractivity contribution in [2.45, 2.75) is 6.42 Å². The molecule has 1 saturated heterocycles. The average Bonchev–Trinajstić information content (AvgIpc) is 2.11. The van der Waals surface area contributed by atoms with Crippen molar-refractivity contribution in [3.8, 4) is 6.07 Å². The Balaban J connectivity index is 2.22. The molecule has 0 spiro atoms. The van der Waals surface area contributed by atoms with Gasteiger partial charge in [-0.15, -0.1) is 0 Å². The zero-order valence-electron chi connectivity index (χ0n) is 9.25. The molecule has 84 valence electrons. The number of hydrogen-bond donors (Lipinski definition) is 1. The monoisotopic (exact) mass is 211 g/mol. The number of hydrogen-bond acceptors (Lipinski definition) is 4. The molecule has 0 aromatic heterocycles. The highest BCUT2D eigenvalue weighted by Gasteiger charge is 2.46. The van der Waals surface area contributed by atoms with Crippen LogP contribution in [-0.4, -0.2) is 51.2 Å². The van der Waals surface area contributed by atoms with Crippen molar-refractivity contribution >= 4 is 5.91 Å². The Morgan fingerprint density at radius 3 is 2.67 bits per heavy atom. The number of nitrogens with one attached hydrogen (secondary N) is 1. The van der Waals surface area contributed by atoms with Crippen LogP contribution in [0.3, 0.4) is 0 Å². The lowest BCUT2D eigenvalue weighted by Crippen LogP contribution is -2.53. The summed E-state index contributed by atoms with van der Waals surface area (Å²) in [5, 5.41) is 11.6. The van der Waals surface area contributed by atoms with Gasteiger partial charge in [0.05, 0.1) is 19.3 Å². The minimum absolute atomic E-state index is 0.199. The normalized spacial score (nSPS) is 18.0. The van der Waals surface area contributed by atoms with Crippen molar-refractivity contribution in [2.24, 2.45) is 5.41 Å². The first-order valence-electron chi connectivity index (χ1n) is 5.03. The summed E-state index contributed by atoms with van der Waals surface area (Å²) in [4.78, 5) is 13.7.